The Balaban J connectivity index is 2.18. The quantitative estimate of drug-likeness (QED) is 0.764. The molecule has 0 amide bonds. The van der Waals surface area contributed by atoms with Gasteiger partial charge in [-0.15, -0.1) is 0 Å². The van der Waals surface area contributed by atoms with E-state index in [1.807, 2.05) is 19.1 Å². The van der Waals surface area contributed by atoms with Gasteiger partial charge in [-0.05, 0) is 79.6 Å². The van der Waals surface area contributed by atoms with Gasteiger partial charge in [0.05, 0.1) is 12.2 Å². The van der Waals surface area contributed by atoms with Crippen LogP contribution in [-0.4, -0.2) is 17.7 Å². The molecule has 0 saturated carbocycles. The highest BCUT2D eigenvalue weighted by Gasteiger charge is 2.09. The van der Waals surface area contributed by atoms with Gasteiger partial charge in [0.25, 0.3) is 0 Å². The van der Waals surface area contributed by atoms with Crippen molar-refractivity contribution in [2.75, 3.05) is 6.61 Å². The maximum Gasteiger partial charge on any atom is 0.335 e. The van der Waals surface area contributed by atoms with Crippen LogP contribution in [0.1, 0.15) is 50.7 Å². The van der Waals surface area contributed by atoms with Crippen molar-refractivity contribution in [1.29, 1.82) is 0 Å². The van der Waals surface area contributed by atoms with Gasteiger partial charge in [0.1, 0.15) is 0 Å². The molecule has 0 aromatic heterocycles. The van der Waals surface area contributed by atoms with Gasteiger partial charge in [-0.1, -0.05) is 30.4 Å². The zero-order valence-electron chi connectivity index (χ0n) is 15.4. The summed E-state index contributed by atoms with van der Waals surface area (Å²) in [5.41, 5.74) is 7.71. The molecule has 0 atom stereocenters. The third kappa shape index (κ3) is 4.80. The Morgan fingerprint density at radius 2 is 1.80 bits per heavy atom. The Hall–Kier alpha value is -2.39. The van der Waals surface area contributed by atoms with E-state index in [2.05, 4.69) is 39.0 Å². The molecule has 132 valence electrons. The van der Waals surface area contributed by atoms with Crippen LogP contribution in [0.3, 0.4) is 0 Å². The lowest BCUT2D eigenvalue weighted by molar-refractivity contribution is 0.0697. The van der Waals surface area contributed by atoms with E-state index in [1.165, 1.54) is 27.8 Å². The molecule has 1 N–H and O–H groups in total. The van der Waals surface area contributed by atoms with Gasteiger partial charge in [0, 0.05) is 6.61 Å². The van der Waals surface area contributed by atoms with Crippen molar-refractivity contribution in [1.82, 2.24) is 0 Å². The van der Waals surface area contributed by atoms with Crippen LogP contribution in [0, 0.1) is 20.8 Å². The fourth-order valence-corrected chi connectivity index (χ4v) is 3.02. The minimum atomic E-state index is -0.894. The zero-order chi connectivity index (χ0) is 18.4. The Morgan fingerprint density at radius 1 is 1.12 bits per heavy atom. The van der Waals surface area contributed by atoms with Crippen molar-refractivity contribution < 1.29 is 14.6 Å². The van der Waals surface area contributed by atoms with Gasteiger partial charge in [0.2, 0.25) is 0 Å². The Labute approximate surface area is 150 Å². The SMILES string of the molecule is CCOCc1c(C)cc(C)c(C=CCc2ccc(C(=O)O)cc2)c1C. The van der Waals surface area contributed by atoms with E-state index in [0.29, 0.717) is 18.8 Å². The summed E-state index contributed by atoms with van der Waals surface area (Å²) in [5.74, 6) is -0.894. The summed E-state index contributed by atoms with van der Waals surface area (Å²) in [7, 11) is 0. The predicted octanol–water partition coefficient (Wildman–Crippen LogP) is 5.10. The van der Waals surface area contributed by atoms with E-state index in [-0.39, 0.29) is 0 Å². The lowest BCUT2D eigenvalue weighted by Gasteiger charge is -2.15. The van der Waals surface area contributed by atoms with E-state index in [0.717, 1.165) is 12.0 Å². The monoisotopic (exact) mass is 338 g/mol. The predicted molar refractivity (Wildman–Crippen MR) is 102 cm³/mol. The summed E-state index contributed by atoms with van der Waals surface area (Å²) >= 11 is 0. The van der Waals surface area contributed by atoms with Crippen molar-refractivity contribution >= 4 is 12.0 Å². The van der Waals surface area contributed by atoms with Crippen LogP contribution in [0.2, 0.25) is 0 Å². The molecule has 0 aliphatic rings. The average molecular weight is 338 g/mol. The molecule has 0 fully saturated rings. The molecule has 2 aromatic rings. The number of benzene rings is 2. The molecular formula is C22H26O3. The summed E-state index contributed by atoms with van der Waals surface area (Å²) in [6, 6.07) is 9.23. The van der Waals surface area contributed by atoms with Gasteiger partial charge in [-0.25, -0.2) is 4.79 Å². The van der Waals surface area contributed by atoms with E-state index >= 15 is 0 Å². The van der Waals surface area contributed by atoms with Crippen molar-refractivity contribution in [2.45, 2.75) is 40.7 Å². The van der Waals surface area contributed by atoms with Crippen LogP contribution in [0.5, 0.6) is 0 Å². The number of allylic oxidation sites excluding steroid dienone is 1. The van der Waals surface area contributed by atoms with Crippen molar-refractivity contribution in [2.24, 2.45) is 0 Å². The molecule has 0 radical (unpaired) electrons. The summed E-state index contributed by atoms with van der Waals surface area (Å²) in [4.78, 5) is 10.9. The minimum absolute atomic E-state index is 0.318. The van der Waals surface area contributed by atoms with Gasteiger partial charge >= 0.3 is 5.97 Å². The lowest BCUT2D eigenvalue weighted by Crippen LogP contribution is -2.02. The zero-order valence-corrected chi connectivity index (χ0v) is 15.4. The van der Waals surface area contributed by atoms with Crippen LogP contribution in [0.15, 0.2) is 36.4 Å². The maximum atomic E-state index is 10.9. The number of rotatable bonds is 7. The third-order valence-electron chi connectivity index (χ3n) is 4.48. The van der Waals surface area contributed by atoms with Crippen molar-refractivity contribution in [3.8, 4) is 0 Å². The summed E-state index contributed by atoms with van der Waals surface area (Å²) in [5, 5.41) is 8.95. The molecular weight excluding hydrogens is 312 g/mol. The van der Waals surface area contributed by atoms with Crippen LogP contribution in [0.4, 0.5) is 0 Å². The maximum absolute atomic E-state index is 10.9. The highest BCUT2D eigenvalue weighted by Crippen LogP contribution is 2.24. The van der Waals surface area contributed by atoms with E-state index < -0.39 is 5.97 Å². The average Bonchev–Trinajstić information content (AvgIpc) is 2.58. The second-order valence-electron chi connectivity index (χ2n) is 6.27. The molecule has 3 nitrogen and oxygen atoms in total. The van der Waals surface area contributed by atoms with Gasteiger partial charge in [0.15, 0.2) is 0 Å². The topological polar surface area (TPSA) is 46.5 Å². The van der Waals surface area contributed by atoms with Gasteiger partial charge < -0.3 is 9.84 Å². The number of hydrogen-bond donors (Lipinski definition) is 1. The molecule has 2 aromatic carbocycles. The first-order valence-corrected chi connectivity index (χ1v) is 8.60. The first-order valence-electron chi connectivity index (χ1n) is 8.60. The fraction of sp³-hybridized carbons (Fsp3) is 0.318. The first kappa shape index (κ1) is 18.9. The Bertz CT molecular complexity index is 771. The summed E-state index contributed by atoms with van der Waals surface area (Å²) < 4.78 is 5.61. The number of carboxylic acid groups (broad SMARTS) is 1. The lowest BCUT2D eigenvalue weighted by atomic mass is 9.93. The number of aryl methyl sites for hydroxylation is 2. The van der Waals surface area contributed by atoms with E-state index in [1.54, 1.807) is 12.1 Å². The van der Waals surface area contributed by atoms with Crippen LogP contribution >= 0.6 is 0 Å². The molecule has 2 rings (SSSR count). The van der Waals surface area contributed by atoms with E-state index in [4.69, 9.17) is 9.84 Å². The van der Waals surface area contributed by atoms with Crippen molar-refractivity contribution in [3.05, 3.63) is 75.4 Å². The first-order chi connectivity index (χ1) is 11.9. The van der Waals surface area contributed by atoms with Crippen LogP contribution in [0.25, 0.3) is 6.08 Å². The second-order valence-corrected chi connectivity index (χ2v) is 6.27. The number of carboxylic acids is 1. The second kappa shape index (κ2) is 8.63. The van der Waals surface area contributed by atoms with Crippen molar-refractivity contribution in [3.63, 3.8) is 0 Å². The Morgan fingerprint density at radius 3 is 2.40 bits per heavy atom. The molecule has 0 aliphatic carbocycles. The molecule has 0 spiro atoms. The number of ether oxygens (including phenoxy) is 1. The third-order valence-corrected chi connectivity index (χ3v) is 4.48. The molecule has 25 heavy (non-hydrogen) atoms. The smallest absolute Gasteiger partial charge is 0.335 e. The summed E-state index contributed by atoms with van der Waals surface area (Å²) in [6.07, 6.45) is 5.06. The van der Waals surface area contributed by atoms with Crippen LogP contribution < -0.4 is 0 Å². The van der Waals surface area contributed by atoms with Gasteiger partial charge in [-0.3, -0.25) is 0 Å². The molecule has 0 heterocycles. The number of hydrogen-bond acceptors (Lipinski definition) is 2. The number of aromatic carboxylic acids is 1. The number of carbonyl (C=O) groups is 1. The molecule has 0 bridgehead atoms. The highest BCUT2D eigenvalue weighted by molar-refractivity contribution is 5.87. The molecule has 3 heteroatoms. The standard InChI is InChI=1S/C22H26O3/c1-5-25-14-21-16(3)13-15(2)20(17(21)4)8-6-7-18-9-11-19(12-10-18)22(23)24/h6,8-13H,5,7,14H2,1-4H3,(H,23,24). The van der Waals surface area contributed by atoms with Gasteiger partial charge in [-0.2, -0.15) is 0 Å². The highest BCUT2D eigenvalue weighted by atomic mass is 16.5. The molecule has 0 saturated heterocycles. The summed E-state index contributed by atoms with van der Waals surface area (Å²) in [6.45, 7) is 9.78. The Kier molecular flexibility index (Phi) is 6.54. The normalized spacial score (nSPS) is 11.2. The molecule has 0 unspecified atom stereocenters. The van der Waals surface area contributed by atoms with Crippen LogP contribution in [-0.2, 0) is 17.8 Å². The minimum Gasteiger partial charge on any atom is -0.478 e. The van der Waals surface area contributed by atoms with E-state index in [9.17, 15) is 4.79 Å². The fourth-order valence-electron chi connectivity index (χ4n) is 3.02. The molecule has 0 aliphatic heterocycles. The largest absolute Gasteiger partial charge is 0.478 e.